The van der Waals surface area contributed by atoms with E-state index < -0.39 is 22.6 Å². The van der Waals surface area contributed by atoms with Gasteiger partial charge >= 0.3 is 5.97 Å². The number of hydrogen-bond donors (Lipinski definition) is 4. The first kappa shape index (κ1) is 43.2. The van der Waals surface area contributed by atoms with E-state index in [-0.39, 0.29) is 35.7 Å². The highest BCUT2D eigenvalue weighted by atomic mass is 16.5. The number of aromatic hydroxyl groups is 2. The standard InChI is InChI=1S/C18H20O4.C14H26N2O3.2C2H6/c1-13(19)22-12-11-18(2,14-3-7-16(20)8-4-14)15-5-9-17(21)10-6-15;1-5-7-14(8-6-2,12(15)18)13(19)16-9-11(17)10(3)4;2*1-2/h3-10,20-21H,11-12H2,1-2H3;10H,5-9H2,1-4H3,(H2,15,18)(H,16,19);2*1-2H3. The Kier molecular flexibility index (Phi) is 21.7. The van der Waals surface area contributed by atoms with Gasteiger partial charge in [-0.3, -0.25) is 19.2 Å². The minimum atomic E-state index is -1.18. The van der Waals surface area contributed by atoms with Crippen molar-refractivity contribution >= 4 is 23.6 Å². The number of primary amides is 1. The Morgan fingerprint density at radius 3 is 1.51 bits per heavy atom. The van der Waals surface area contributed by atoms with Crippen LogP contribution in [0.4, 0.5) is 0 Å². The van der Waals surface area contributed by atoms with E-state index in [1.807, 2.05) is 65.8 Å². The van der Waals surface area contributed by atoms with Crippen LogP contribution >= 0.6 is 0 Å². The molecule has 0 fully saturated rings. The van der Waals surface area contributed by atoms with E-state index >= 15 is 0 Å². The molecule has 0 bridgehead atoms. The highest BCUT2D eigenvalue weighted by molar-refractivity contribution is 6.05. The second-order valence-corrected chi connectivity index (χ2v) is 10.8. The molecule has 0 radical (unpaired) electrons. The minimum Gasteiger partial charge on any atom is -0.508 e. The van der Waals surface area contributed by atoms with E-state index in [0.29, 0.717) is 38.7 Å². The Bertz CT molecular complexity index is 1090. The number of benzene rings is 2. The van der Waals surface area contributed by atoms with Crippen LogP contribution < -0.4 is 11.1 Å². The Morgan fingerprint density at radius 2 is 1.20 bits per heavy atom. The maximum Gasteiger partial charge on any atom is 0.302 e. The van der Waals surface area contributed by atoms with Gasteiger partial charge in [0, 0.05) is 18.3 Å². The molecule has 0 unspecified atom stereocenters. The fraction of sp³-hybridized carbons (Fsp3) is 0.556. The third-order valence-electron chi connectivity index (χ3n) is 7.24. The fourth-order valence-electron chi connectivity index (χ4n) is 4.62. The summed E-state index contributed by atoms with van der Waals surface area (Å²) in [4.78, 5) is 46.5. The number of carbonyl (C=O) groups is 4. The molecule has 2 rings (SSSR count). The Hall–Kier alpha value is -3.88. The first-order valence-electron chi connectivity index (χ1n) is 16.1. The number of nitrogens with one attached hydrogen (secondary N) is 1. The molecule has 45 heavy (non-hydrogen) atoms. The van der Waals surface area contributed by atoms with Crippen LogP contribution in [-0.2, 0) is 29.3 Å². The Balaban J connectivity index is 0. The zero-order valence-electron chi connectivity index (χ0n) is 29.2. The van der Waals surface area contributed by atoms with E-state index in [1.165, 1.54) is 6.92 Å². The molecule has 0 atom stereocenters. The van der Waals surface area contributed by atoms with Crippen molar-refractivity contribution in [3.63, 3.8) is 0 Å². The van der Waals surface area contributed by atoms with Crippen molar-refractivity contribution in [2.45, 2.75) is 107 Å². The summed E-state index contributed by atoms with van der Waals surface area (Å²) < 4.78 is 5.09. The minimum absolute atomic E-state index is 0.0427. The van der Waals surface area contributed by atoms with Gasteiger partial charge in [0.05, 0.1) is 13.2 Å². The zero-order chi connectivity index (χ0) is 35.2. The van der Waals surface area contributed by atoms with E-state index in [2.05, 4.69) is 12.2 Å². The van der Waals surface area contributed by atoms with Crippen LogP contribution in [-0.4, -0.2) is 46.9 Å². The summed E-state index contributed by atoms with van der Waals surface area (Å²) in [6.45, 7) is 19.0. The molecule has 0 saturated heterocycles. The first-order chi connectivity index (χ1) is 21.2. The second kappa shape index (κ2) is 22.6. The summed E-state index contributed by atoms with van der Waals surface area (Å²) in [7, 11) is 0. The number of esters is 1. The summed E-state index contributed by atoms with van der Waals surface area (Å²) >= 11 is 0. The molecule has 0 heterocycles. The summed E-state index contributed by atoms with van der Waals surface area (Å²) in [6, 6.07) is 14.0. The summed E-state index contributed by atoms with van der Waals surface area (Å²) in [5.41, 5.74) is 5.86. The number of ether oxygens (including phenoxy) is 1. The number of phenols is 2. The predicted molar refractivity (Wildman–Crippen MR) is 181 cm³/mol. The van der Waals surface area contributed by atoms with Crippen molar-refractivity contribution in [1.29, 1.82) is 0 Å². The molecule has 0 aliphatic rings. The topological polar surface area (TPSA) is 156 Å². The highest BCUT2D eigenvalue weighted by Crippen LogP contribution is 2.37. The summed E-state index contributed by atoms with van der Waals surface area (Å²) in [5, 5.41) is 21.5. The van der Waals surface area contributed by atoms with Gasteiger partial charge in [-0.15, -0.1) is 0 Å². The van der Waals surface area contributed by atoms with E-state index in [9.17, 15) is 29.4 Å². The average molecular weight is 631 g/mol. The normalized spacial score (nSPS) is 10.6. The quantitative estimate of drug-likeness (QED) is 0.132. The lowest BCUT2D eigenvalue weighted by Gasteiger charge is -2.31. The Morgan fingerprint density at radius 1 is 0.800 bits per heavy atom. The van der Waals surface area contributed by atoms with Crippen LogP contribution in [0.25, 0.3) is 0 Å². The van der Waals surface area contributed by atoms with Gasteiger partial charge < -0.3 is 26.0 Å². The summed E-state index contributed by atoms with van der Waals surface area (Å²) in [5.74, 6) is -1.11. The molecule has 0 spiro atoms. The van der Waals surface area contributed by atoms with Crippen molar-refractivity contribution < 1.29 is 34.1 Å². The van der Waals surface area contributed by atoms with Gasteiger partial charge in [-0.05, 0) is 54.7 Å². The highest BCUT2D eigenvalue weighted by Gasteiger charge is 2.42. The van der Waals surface area contributed by atoms with Gasteiger partial charge in [0.2, 0.25) is 11.8 Å². The smallest absolute Gasteiger partial charge is 0.302 e. The third kappa shape index (κ3) is 14.2. The predicted octanol–water partition coefficient (Wildman–Crippen LogP) is 6.81. The molecule has 0 aliphatic carbocycles. The molecule has 9 nitrogen and oxygen atoms in total. The van der Waals surface area contributed by atoms with Crippen LogP contribution in [0, 0.1) is 11.3 Å². The van der Waals surface area contributed by atoms with Crippen molar-refractivity contribution in [1.82, 2.24) is 5.32 Å². The molecule has 0 aromatic heterocycles. The lowest BCUT2D eigenvalue weighted by Crippen LogP contribution is -2.51. The molecule has 0 saturated carbocycles. The van der Waals surface area contributed by atoms with Crippen LogP contribution in [0.2, 0.25) is 0 Å². The number of ketones is 1. The van der Waals surface area contributed by atoms with Crippen LogP contribution in [0.1, 0.15) is 112 Å². The number of nitrogens with two attached hydrogens (primary N) is 1. The van der Waals surface area contributed by atoms with Crippen molar-refractivity contribution in [2.75, 3.05) is 13.2 Å². The lowest BCUT2D eigenvalue weighted by atomic mass is 9.74. The average Bonchev–Trinajstić information content (AvgIpc) is 3.02. The molecular formula is C36H58N2O7. The molecule has 2 amide bonds. The molecule has 2 aromatic rings. The molecule has 0 aliphatic heterocycles. The number of phenolic OH excluding ortho intramolecular Hbond substituents is 2. The van der Waals surface area contributed by atoms with Gasteiger partial charge in [-0.25, -0.2) is 0 Å². The maximum atomic E-state index is 12.2. The van der Waals surface area contributed by atoms with E-state index in [4.69, 9.17) is 10.5 Å². The summed E-state index contributed by atoms with van der Waals surface area (Å²) in [6.07, 6.45) is 2.81. The molecule has 254 valence electrons. The first-order valence-corrected chi connectivity index (χ1v) is 16.1. The molecule has 5 N–H and O–H groups in total. The number of carbonyl (C=O) groups excluding carboxylic acids is 4. The van der Waals surface area contributed by atoms with E-state index in [1.54, 1.807) is 38.1 Å². The maximum absolute atomic E-state index is 12.2. The molecular weight excluding hydrogens is 572 g/mol. The van der Waals surface area contributed by atoms with Gasteiger partial charge in [0.25, 0.3) is 0 Å². The fourth-order valence-corrected chi connectivity index (χ4v) is 4.62. The monoisotopic (exact) mass is 630 g/mol. The number of amides is 2. The van der Waals surface area contributed by atoms with Crippen molar-refractivity contribution in [2.24, 2.45) is 17.1 Å². The SMILES string of the molecule is CC.CC.CC(=O)OCCC(C)(c1ccc(O)cc1)c1ccc(O)cc1.CCCC(CCC)(C(N)=O)C(=O)NCC(=O)C(C)C. The van der Waals surface area contributed by atoms with Crippen LogP contribution in [0.5, 0.6) is 11.5 Å². The lowest BCUT2D eigenvalue weighted by molar-refractivity contribution is -0.144. The molecule has 2 aromatic carbocycles. The third-order valence-corrected chi connectivity index (χ3v) is 7.24. The zero-order valence-corrected chi connectivity index (χ0v) is 29.2. The molecule has 9 heteroatoms. The van der Waals surface area contributed by atoms with Crippen molar-refractivity contribution in [3.05, 3.63) is 59.7 Å². The van der Waals surface area contributed by atoms with Gasteiger partial charge in [-0.1, -0.05) is 99.4 Å². The number of hydrogen-bond acceptors (Lipinski definition) is 7. The van der Waals surface area contributed by atoms with Gasteiger partial charge in [0.1, 0.15) is 16.9 Å². The second-order valence-electron chi connectivity index (χ2n) is 10.8. The van der Waals surface area contributed by atoms with Crippen LogP contribution in [0.15, 0.2) is 48.5 Å². The van der Waals surface area contributed by atoms with Gasteiger partial charge in [-0.2, -0.15) is 0 Å². The van der Waals surface area contributed by atoms with Gasteiger partial charge in [0.15, 0.2) is 5.78 Å². The largest absolute Gasteiger partial charge is 0.508 e. The number of Topliss-reactive ketones (excluding diaryl/α,β-unsaturated/α-hetero) is 1. The Labute approximate surface area is 271 Å². The van der Waals surface area contributed by atoms with Crippen molar-refractivity contribution in [3.8, 4) is 11.5 Å². The van der Waals surface area contributed by atoms with Crippen LogP contribution in [0.3, 0.4) is 0 Å². The van der Waals surface area contributed by atoms with E-state index in [0.717, 1.165) is 11.1 Å². The number of rotatable bonds is 14.